The van der Waals surface area contributed by atoms with Crippen molar-refractivity contribution >= 4 is 11.9 Å². The molecule has 0 radical (unpaired) electrons. The maximum absolute atomic E-state index is 12.0. The van der Waals surface area contributed by atoms with Gasteiger partial charge in [-0.15, -0.1) is 0 Å². The fourth-order valence-corrected chi connectivity index (χ4v) is 2.08. The number of hydrogen-bond acceptors (Lipinski definition) is 3. The highest BCUT2D eigenvalue weighted by Crippen LogP contribution is 2.22. The Morgan fingerprint density at radius 3 is 1.91 bits per heavy atom. The number of carbonyl (C=O) groups excluding carboxylic acids is 1. The smallest absolute Gasteiger partial charge is 0.338 e. The first kappa shape index (κ1) is 16.7. The normalized spacial score (nSPS) is 11.1. The molecule has 0 aliphatic carbocycles. The Labute approximate surface area is 135 Å². The van der Waals surface area contributed by atoms with Gasteiger partial charge in [0.2, 0.25) is 0 Å². The highest BCUT2D eigenvalue weighted by Gasteiger charge is 2.14. The van der Waals surface area contributed by atoms with Crippen LogP contribution < -0.4 is 0 Å². The van der Waals surface area contributed by atoms with Gasteiger partial charge in [-0.1, -0.05) is 45.0 Å². The van der Waals surface area contributed by atoms with Crippen LogP contribution in [0.25, 0.3) is 0 Å². The minimum atomic E-state index is -0.979. The highest BCUT2D eigenvalue weighted by molar-refractivity contribution is 5.89. The van der Waals surface area contributed by atoms with Crippen LogP contribution >= 0.6 is 0 Å². The highest BCUT2D eigenvalue weighted by atomic mass is 16.5. The molecule has 0 saturated carbocycles. The summed E-state index contributed by atoms with van der Waals surface area (Å²) in [5.41, 5.74) is 2.64. The molecule has 2 rings (SSSR count). The summed E-state index contributed by atoms with van der Waals surface area (Å²) in [6, 6.07) is 13.6. The Hall–Kier alpha value is -2.62. The molecule has 0 unspecified atom stereocenters. The predicted molar refractivity (Wildman–Crippen MR) is 87.7 cm³/mol. The molecule has 0 saturated heterocycles. The summed E-state index contributed by atoms with van der Waals surface area (Å²) < 4.78 is 5.25. The van der Waals surface area contributed by atoms with E-state index in [1.807, 2.05) is 12.1 Å². The van der Waals surface area contributed by atoms with E-state index in [2.05, 4.69) is 20.8 Å². The topological polar surface area (TPSA) is 63.6 Å². The molecular weight excluding hydrogens is 292 g/mol. The number of aromatic carboxylic acids is 1. The van der Waals surface area contributed by atoms with Crippen LogP contribution in [0.3, 0.4) is 0 Å². The third-order valence-electron chi connectivity index (χ3n) is 3.56. The molecule has 0 aliphatic rings. The number of rotatable bonds is 4. The number of ether oxygens (including phenoxy) is 1. The van der Waals surface area contributed by atoms with Crippen LogP contribution in [0.15, 0.2) is 48.5 Å². The molecule has 4 nitrogen and oxygen atoms in total. The SMILES string of the molecule is CC(C)(C)c1ccc(C(=O)OCc2ccc(C(=O)O)cc2)cc1. The third kappa shape index (κ3) is 4.42. The predicted octanol–water partition coefficient (Wildman–Crippen LogP) is 4.04. The lowest BCUT2D eigenvalue weighted by Gasteiger charge is -2.18. The summed E-state index contributed by atoms with van der Waals surface area (Å²) in [5, 5.41) is 8.84. The van der Waals surface area contributed by atoms with E-state index < -0.39 is 11.9 Å². The second-order valence-corrected chi connectivity index (χ2v) is 6.41. The van der Waals surface area contributed by atoms with Crippen molar-refractivity contribution in [2.24, 2.45) is 0 Å². The molecule has 23 heavy (non-hydrogen) atoms. The maximum atomic E-state index is 12.0. The number of carboxylic acids is 1. The monoisotopic (exact) mass is 312 g/mol. The van der Waals surface area contributed by atoms with Crippen LogP contribution in [-0.2, 0) is 16.8 Å². The first-order valence-electron chi connectivity index (χ1n) is 7.37. The molecule has 0 bridgehead atoms. The van der Waals surface area contributed by atoms with E-state index in [0.29, 0.717) is 5.56 Å². The van der Waals surface area contributed by atoms with E-state index >= 15 is 0 Å². The Kier molecular flexibility index (Phi) is 4.84. The van der Waals surface area contributed by atoms with Gasteiger partial charge in [0, 0.05) is 0 Å². The van der Waals surface area contributed by atoms with Crippen LogP contribution in [0, 0.1) is 0 Å². The zero-order valence-corrected chi connectivity index (χ0v) is 13.5. The van der Waals surface area contributed by atoms with Crippen molar-refractivity contribution in [1.82, 2.24) is 0 Å². The zero-order valence-electron chi connectivity index (χ0n) is 13.5. The fourth-order valence-electron chi connectivity index (χ4n) is 2.08. The summed E-state index contributed by atoms with van der Waals surface area (Å²) in [7, 11) is 0. The molecular formula is C19H20O4. The van der Waals surface area contributed by atoms with Crippen LogP contribution in [-0.4, -0.2) is 17.0 Å². The van der Waals surface area contributed by atoms with E-state index in [1.54, 1.807) is 24.3 Å². The lowest BCUT2D eigenvalue weighted by Crippen LogP contribution is -2.12. The quantitative estimate of drug-likeness (QED) is 0.865. The fraction of sp³-hybridized carbons (Fsp3) is 0.263. The van der Waals surface area contributed by atoms with Crippen LogP contribution in [0.4, 0.5) is 0 Å². The first-order chi connectivity index (χ1) is 10.8. The van der Waals surface area contributed by atoms with Gasteiger partial charge in [-0.25, -0.2) is 9.59 Å². The Balaban J connectivity index is 1.98. The standard InChI is InChI=1S/C19H20O4/c1-19(2,3)16-10-8-15(9-11-16)18(22)23-12-13-4-6-14(7-5-13)17(20)21/h4-11H,12H2,1-3H3,(H,20,21). The molecule has 0 aliphatic heterocycles. The van der Waals surface area contributed by atoms with Gasteiger partial charge in [-0.2, -0.15) is 0 Å². The third-order valence-corrected chi connectivity index (χ3v) is 3.56. The van der Waals surface area contributed by atoms with Gasteiger partial charge < -0.3 is 9.84 Å². The Morgan fingerprint density at radius 2 is 1.43 bits per heavy atom. The Morgan fingerprint density at radius 1 is 0.913 bits per heavy atom. The summed E-state index contributed by atoms with van der Waals surface area (Å²) in [6.45, 7) is 6.45. The van der Waals surface area contributed by atoms with Crippen LogP contribution in [0.5, 0.6) is 0 Å². The molecule has 0 spiro atoms. The van der Waals surface area contributed by atoms with Gasteiger partial charge in [0.1, 0.15) is 6.61 Å². The number of carbonyl (C=O) groups is 2. The largest absolute Gasteiger partial charge is 0.478 e. The molecule has 0 amide bonds. The minimum absolute atomic E-state index is 0.0360. The van der Waals surface area contributed by atoms with E-state index in [1.165, 1.54) is 12.1 Å². The lowest BCUT2D eigenvalue weighted by molar-refractivity contribution is 0.0472. The second kappa shape index (κ2) is 6.65. The van der Waals surface area contributed by atoms with Gasteiger partial charge >= 0.3 is 11.9 Å². The molecule has 4 heteroatoms. The van der Waals surface area contributed by atoms with E-state index in [-0.39, 0.29) is 17.6 Å². The number of hydrogen-bond donors (Lipinski definition) is 1. The van der Waals surface area contributed by atoms with Gasteiger partial charge in [0.25, 0.3) is 0 Å². The summed E-state index contributed by atoms with van der Waals surface area (Å²) in [4.78, 5) is 22.8. The minimum Gasteiger partial charge on any atom is -0.478 e. The van der Waals surface area contributed by atoms with E-state index in [9.17, 15) is 9.59 Å². The van der Waals surface area contributed by atoms with Gasteiger partial charge in [0.15, 0.2) is 0 Å². The number of esters is 1. The Bertz CT molecular complexity index is 692. The summed E-state index contributed by atoms with van der Waals surface area (Å²) in [5.74, 6) is -1.37. The average molecular weight is 312 g/mol. The summed E-state index contributed by atoms with van der Waals surface area (Å²) in [6.07, 6.45) is 0. The van der Waals surface area contributed by atoms with Crippen molar-refractivity contribution in [1.29, 1.82) is 0 Å². The average Bonchev–Trinajstić information content (AvgIpc) is 2.52. The van der Waals surface area contributed by atoms with E-state index in [4.69, 9.17) is 9.84 Å². The van der Waals surface area contributed by atoms with Crippen molar-refractivity contribution in [3.05, 3.63) is 70.8 Å². The molecule has 2 aromatic rings. The van der Waals surface area contributed by atoms with Crippen molar-refractivity contribution in [2.75, 3.05) is 0 Å². The molecule has 0 aromatic heterocycles. The molecule has 0 atom stereocenters. The van der Waals surface area contributed by atoms with Crippen LogP contribution in [0.2, 0.25) is 0 Å². The van der Waals surface area contributed by atoms with Crippen molar-refractivity contribution in [2.45, 2.75) is 32.8 Å². The number of carboxylic acid groups (broad SMARTS) is 1. The first-order valence-corrected chi connectivity index (χ1v) is 7.37. The molecule has 120 valence electrons. The van der Waals surface area contributed by atoms with Gasteiger partial charge in [-0.05, 0) is 40.8 Å². The lowest BCUT2D eigenvalue weighted by atomic mass is 9.87. The molecule has 0 heterocycles. The molecule has 0 fully saturated rings. The van der Waals surface area contributed by atoms with Crippen molar-refractivity contribution < 1.29 is 19.4 Å². The maximum Gasteiger partial charge on any atom is 0.338 e. The second-order valence-electron chi connectivity index (χ2n) is 6.41. The van der Waals surface area contributed by atoms with Crippen LogP contribution in [0.1, 0.15) is 52.6 Å². The zero-order chi connectivity index (χ0) is 17.0. The van der Waals surface area contributed by atoms with Gasteiger partial charge in [-0.3, -0.25) is 0 Å². The van der Waals surface area contributed by atoms with E-state index in [0.717, 1.165) is 11.1 Å². The van der Waals surface area contributed by atoms with Gasteiger partial charge in [0.05, 0.1) is 11.1 Å². The summed E-state index contributed by atoms with van der Waals surface area (Å²) >= 11 is 0. The molecule has 1 N–H and O–H groups in total. The van der Waals surface area contributed by atoms with Crippen molar-refractivity contribution in [3.63, 3.8) is 0 Å². The number of benzene rings is 2. The molecule has 2 aromatic carbocycles. The van der Waals surface area contributed by atoms with Crippen molar-refractivity contribution in [3.8, 4) is 0 Å².